The highest BCUT2D eigenvalue weighted by atomic mass is 79.9. The van der Waals surface area contributed by atoms with Gasteiger partial charge in [-0.25, -0.2) is 9.80 Å². The summed E-state index contributed by atoms with van der Waals surface area (Å²) in [5, 5.41) is 7.23. The van der Waals surface area contributed by atoms with Crippen LogP contribution < -0.4 is 10.1 Å². The first-order chi connectivity index (χ1) is 9.61. The minimum absolute atomic E-state index is 0.0500. The number of amides is 3. The second-order valence-corrected chi connectivity index (χ2v) is 5.26. The lowest BCUT2D eigenvalue weighted by molar-refractivity contribution is -0.118. The molecule has 2 aliphatic heterocycles. The van der Waals surface area contributed by atoms with E-state index in [1.807, 2.05) is 24.3 Å². The van der Waals surface area contributed by atoms with Gasteiger partial charge in [-0.15, -0.1) is 0 Å². The molecule has 7 heteroatoms. The SMILES string of the molecule is O=C1CN(N=CC2=Cc3cc(Br)ccc3OC2)C(=O)N1. The number of carbonyl (C=O) groups excluding carboxylic acids is 2. The number of urea groups is 1. The molecule has 1 N–H and O–H groups in total. The number of halogens is 1. The van der Waals surface area contributed by atoms with Gasteiger partial charge in [0.05, 0.1) is 6.21 Å². The summed E-state index contributed by atoms with van der Waals surface area (Å²) in [6, 6.07) is 5.23. The molecule has 0 spiro atoms. The van der Waals surface area contributed by atoms with Crippen LogP contribution in [0.5, 0.6) is 5.75 Å². The molecule has 0 bridgehead atoms. The van der Waals surface area contributed by atoms with Crippen LogP contribution in [-0.2, 0) is 4.79 Å². The number of nitrogens with zero attached hydrogens (tertiary/aromatic N) is 2. The Hall–Kier alpha value is -2.15. The van der Waals surface area contributed by atoms with Crippen molar-refractivity contribution in [1.82, 2.24) is 10.3 Å². The minimum atomic E-state index is -0.508. The van der Waals surface area contributed by atoms with Gasteiger partial charge in [0.15, 0.2) is 0 Å². The number of ether oxygens (including phenoxy) is 1. The summed E-state index contributed by atoms with van der Waals surface area (Å²) >= 11 is 3.40. The maximum Gasteiger partial charge on any atom is 0.344 e. The second kappa shape index (κ2) is 5.09. The fraction of sp³-hybridized carbons (Fsp3) is 0.154. The zero-order valence-electron chi connectivity index (χ0n) is 10.3. The largest absolute Gasteiger partial charge is 0.488 e. The van der Waals surface area contributed by atoms with Crippen molar-refractivity contribution in [3.05, 3.63) is 33.8 Å². The predicted molar refractivity (Wildman–Crippen MR) is 76.4 cm³/mol. The van der Waals surface area contributed by atoms with Crippen molar-refractivity contribution >= 4 is 40.2 Å². The van der Waals surface area contributed by atoms with Crippen LogP contribution >= 0.6 is 15.9 Å². The Bertz CT molecular complexity index is 654. The van der Waals surface area contributed by atoms with Crippen LogP contribution in [-0.4, -0.2) is 36.3 Å². The van der Waals surface area contributed by atoms with Crippen LogP contribution in [0.15, 0.2) is 33.3 Å². The Balaban J connectivity index is 1.79. The van der Waals surface area contributed by atoms with E-state index >= 15 is 0 Å². The summed E-state index contributed by atoms with van der Waals surface area (Å²) in [4.78, 5) is 22.3. The second-order valence-electron chi connectivity index (χ2n) is 4.35. The van der Waals surface area contributed by atoms with Crippen molar-refractivity contribution in [3.8, 4) is 5.75 Å². The zero-order valence-corrected chi connectivity index (χ0v) is 11.9. The maximum atomic E-state index is 11.3. The van der Waals surface area contributed by atoms with Gasteiger partial charge in [0, 0.05) is 15.6 Å². The fourth-order valence-electron chi connectivity index (χ4n) is 1.91. The van der Waals surface area contributed by atoms with Crippen molar-refractivity contribution < 1.29 is 14.3 Å². The summed E-state index contributed by atoms with van der Waals surface area (Å²) in [7, 11) is 0. The molecule has 3 rings (SSSR count). The van der Waals surface area contributed by atoms with E-state index in [0.717, 1.165) is 26.4 Å². The van der Waals surface area contributed by atoms with Crippen molar-refractivity contribution in [2.24, 2.45) is 5.10 Å². The molecule has 1 fully saturated rings. The maximum absolute atomic E-state index is 11.3. The number of carbonyl (C=O) groups is 2. The Labute approximate surface area is 123 Å². The van der Waals surface area contributed by atoms with Gasteiger partial charge in [0.25, 0.3) is 0 Å². The van der Waals surface area contributed by atoms with Gasteiger partial charge in [0.2, 0.25) is 5.91 Å². The molecular weight excluding hydrogens is 326 g/mol. The monoisotopic (exact) mass is 335 g/mol. The topological polar surface area (TPSA) is 71.0 Å². The lowest BCUT2D eigenvalue weighted by atomic mass is 10.1. The van der Waals surface area contributed by atoms with Crippen LogP contribution in [0.4, 0.5) is 4.79 Å². The van der Waals surface area contributed by atoms with Gasteiger partial charge < -0.3 is 4.74 Å². The molecule has 20 heavy (non-hydrogen) atoms. The number of hydrogen-bond acceptors (Lipinski definition) is 4. The third-order valence-electron chi connectivity index (χ3n) is 2.84. The highest BCUT2D eigenvalue weighted by Gasteiger charge is 2.26. The first-order valence-corrected chi connectivity index (χ1v) is 6.69. The number of imide groups is 1. The molecule has 1 saturated heterocycles. The third kappa shape index (κ3) is 2.57. The van der Waals surface area contributed by atoms with Gasteiger partial charge >= 0.3 is 6.03 Å². The van der Waals surface area contributed by atoms with E-state index in [4.69, 9.17) is 4.74 Å². The lowest BCUT2D eigenvalue weighted by Gasteiger charge is -2.16. The molecule has 102 valence electrons. The van der Waals surface area contributed by atoms with E-state index < -0.39 is 6.03 Å². The number of benzene rings is 1. The van der Waals surface area contributed by atoms with E-state index in [1.165, 1.54) is 6.21 Å². The quantitative estimate of drug-likeness (QED) is 0.661. The first-order valence-electron chi connectivity index (χ1n) is 5.90. The summed E-state index contributed by atoms with van der Waals surface area (Å²) in [5.74, 6) is 0.453. The van der Waals surface area contributed by atoms with Crippen LogP contribution in [0.3, 0.4) is 0 Å². The molecule has 1 aromatic rings. The minimum Gasteiger partial charge on any atom is -0.488 e. The molecule has 0 aliphatic carbocycles. The van der Waals surface area contributed by atoms with Crippen molar-refractivity contribution in [3.63, 3.8) is 0 Å². The van der Waals surface area contributed by atoms with Crippen LogP contribution in [0, 0.1) is 0 Å². The van der Waals surface area contributed by atoms with Gasteiger partial charge in [-0.1, -0.05) is 15.9 Å². The Morgan fingerprint density at radius 3 is 3.00 bits per heavy atom. The highest BCUT2D eigenvalue weighted by molar-refractivity contribution is 9.10. The molecule has 0 radical (unpaired) electrons. The zero-order chi connectivity index (χ0) is 14.1. The van der Waals surface area contributed by atoms with E-state index in [2.05, 4.69) is 26.3 Å². The molecule has 2 heterocycles. The van der Waals surface area contributed by atoms with Gasteiger partial charge in [-0.2, -0.15) is 5.10 Å². The molecule has 0 atom stereocenters. The number of hydrogen-bond donors (Lipinski definition) is 1. The standard InChI is InChI=1S/C13H10BrN3O3/c14-10-1-2-11-9(4-10)3-8(7-20-11)5-15-17-6-12(18)16-13(17)19/h1-5H,6-7H2,(H,16,18,19). The number of nitrogens with one attached hydrogen (secondary N) is 1. The predicted octanol–water partition coefficient (Wildman–Crippen LogP) is 1.76. The molecule has 0 saturated carbocycles. The summed E-state index contributed by atoms with van der Waals surface area (Å²) in [6.45, 7) is 0.327. The van der Waals surface area contributed by atoms with E-state index in [0.29, 0.717) is 6.61 Å². The molecule has 6 nitrogen and oxygen atoms in total. The highest BCUT2D eigenvalue weighted by Crippen LogP contribution is 2.28. The third-order valence-corrected chi connectivity index (χ3v) is 3.34. The van der Waals surface area contributed by atoms with E-state index in [9.17, 15) is 9.59 Å². The van der Waals surface area contributed by atoms with E-state index in [1.54, 1.807) is 0 Å². The smallest absolute Gasteiger partial charge is 0.344 e. The summed E-state index contributed by atoms with van der Waals surface area (Å²) in [5.41, 5.74) is 1.76. The Morgan fingerprint density at radius 2 is 2.25 bits per heavy atom. The summed E-state index contributed by atoms with van der Waals surface area (Å²) < 4.78 is 6.55. The van der Waals surface area contributed by atoms with Crippen LogP contribution in [0.1, 0.15) is 5.56 Å². The van der Waals surface area contributed by atoms with Gasteiger partial charge in [-0.05, 0) is 24.3 Å². The van der Waals surface area contributed by atoms with E-state index in [-0.39, 0.29) is 12.5 Å². The molecule has 0 aromatic heterocycles. The van der Waals surface area contributed by atoms with Crippen LogP contribution in [0.2, 0.25) is 0 Å². The average molecular weight is 336 g/mol. The number of fused-ring (bicyclic) bond motifs is 1. The molecule has 3 amide bonds. The number of hydrazone groups is 1. The molecule has 2 aliphatic rings. The molecular formula is C13H10BrN3O3. The Morgan fingerprint density at radius 1 is 1.40 bits per heavy atom. The van der Waals surface area contributed by atoms with Crippen molar-refractivity contribution in [1.29, 1.82) is 0 Å². The van der Waals surface area contributed by atoms with Crippen LogP contribution in [0.25, 0.3) is 6.08 Å². The van der Waals surface area contributed by atoms with Gasteiger partial charge in [0.1, 0.15) is 18.9 Å². The van der Waals surface area contributed by atoms with Crippen molar-refractivity contribution in [2.45, 2.75) is 0 Å². The van der Waals surface area contributed by atoms with Gasteiger partial charge in [-0.3, -0.25) is 10.1 Å². The molecule has 0 unspecified atom stereocenters. The average Bonchev–Trinajstić information content (AvgIpc) is 2.74. The summed E-state index contributed by atoms with van der Waals surface area (Å²) in [6.07, 6.45) is 3.46. The molecule has 1 aromatic carbocycles. The normalized spacial score (nSPS) is 17.9. The lowest BCUT2D eigenvalue weighted by Crippen LogP contribution is -2.24. The fourth-order valence-corrected chi connectivity index (χ4v) is 2.29. The number of rotatable bonds is 2. The van der Waals surface area contributed by atoms with Crippen molar-refractivity contribution in [2.75, 3.05) is 13.2 Å². The Kier molecular flexibility index (Phi) is 3.27. The first kappa shape index (κ1) is 12.9.